The molecule has 1 aliphatic rings. The van der Waals surface area contributed by atoms with Gasteiger partial charge in [-0.1, -0.05) is 125 Å². The number of ketones is 1. The van der Waals surface area contributed by atoms with E-state index in [1.165, 1.54) is 62.7 Å². The first kappa shape index (κ1) is 61.5. The number of rotatable bonds is 20. The van der Waals surface area contributed by atoms with Crippen LogP contribution in [-0.4, -0.2) is 70.4 Å². The number of nitrogens with two attached hydrogens (primary N) is 1. The van der Waals surface area contributed by atoms with Gasteiger partial charge in [-0.25, -0.2) is 18.7 Å². The van der Waals surface area contributed by atoms with Gasteiger partial charge in [0.2, 0.25) is 0 Å². The number of para-hydroxylation sites is 1. The lowest BCUT2D eigenvalue weighted by Crippen LogP contribution is -2.41. The molecule has 66 heavy (non-hydrogen) atoms. The van der Waals surface area contributed by atoms with Gasteiger partial charge in [0, 0.05) is 62.1 Å². The number of hydrazine groups is 1. The maximum Gasteiger partial charge on any atom is 0.185 e. The molecule has 372 valence electrons. The minimum atomic E-state index is -2.67. The fourth-order valence-corrected chi connectivity index (χ4v) is 6.36. The second kappa shape index (κ2) is 34.8. The summed E-state index contributed by atoms with van der Waals surface area (Å²) in [5, 5.41) is 4.96. The van der Waals surface area contributed by atoms with Crippen molar-refractivity contribution in [2.75, 3.05) is 49.5 Å². The van der Waals surface area contributed by atoms with Crippen LogP contribution < -0.4 is 25.6 Å². The number of nitrogens with zero attached hydrogens (tertiary/aromatic N) is 2. The summed E-state index contributed by atoms with van der Waals surface area (Å²) in [4.78, 5) is 14.6. The molecular weight excluding hydrogens is 848 g/mol. The standard InChI is InChI=1S/C26H38N2O2.C16H19FN2O.C7H16.C4H10.C2H6O2S/c1-8-19(5)23-17-24(27-7)21(10-11-25(29)20(6)9-2)16-26(23)30-22-12-14-28(15-13-22)18(3)4;1-3-10-19(18)13-8-9-15(12(2)11-13)20-16-7-5-4-6-14(16)17;1-3-5-7-6-4-2;1-3-4-2;1-5(2,3)4/h9-11,16-19,22,27H,2,6,8,12-15H2,1,3-5,7H3;4-9,11H,3,10,18H2,1-2H3;3-7H2,1-2H3;3-4H2,1-2H3;1-2H3/b11-10+;;;;. The zero-order valence-electron chi connectivity index (χ0n) is 43.3. The molecule has 3 aromatic carbocycles. The van der Waals surface area contributed by atoms with Gasteiger partial charge in [0.15, 0.2) is 17.3 Å². The summed E-state index contributed by atoms with van der Waals surface area (Å²) < 4.78 is 45.0. The van der Waals surface area contributed by atoms with E-state index in [2.05, 4.69) is 97.8 Å². The number of aryl methyl sites for hydroxylation is 1. The van der Waals surface area contributed by atoms with Crippen LogP contribution in [0.3, 0.4) is 0 Å². The van der Waals surface area contributed by atoms with Gasteiger partial charge in [0.1, 0.15) is 27.4 Å². The zero-order chi connectivity index (χ0) is 50.2. The van der Waals surface area contributed by atoms with Crippen LogP contribution in [0.15, 0.2) is 85.5 Å². The minimum absolute atomic E-state index is 0.137. The van der Waals surface area contributed by atoms with Crippen molar-refractivity contribution in [3.63, 3.8) is 0 Å². The van der Waals surface area contributed by atoms with Crippen LogP contribution in [0, 0.1) is 12.7 Å². The molecule has 0 spiro atoms. The molecule has 3 N–H and O–H groups in total. The molecule has 1 saturated heterocycles. The summed E-state index contributed by atoms with van der Waals surface area (Å²) in [7, 11) is -0.764. The van der Waals surface area contributed by atoms with Crippen molar-refractivity contribution in [2.45, 2.75) is 158 Å². The summed E-state index contributed by atoms with van der Waals surface area (Å²) in [6.07, 6.45) is 21.1. The number of carbonyl (C=O) groups excluding carboxylic acids is 1. The topological polar surface area (TPSA) is 114 Å². The van der Waals surface area contributed by atoms with Gasteiger partial charge in [-0.05, 0) is 118 Å². The van der Waals surface area contributed by atoms with E-state index in [-0.39, 0.29) is 23.5 Å². The van der Waals surface area contributed by atoms with Crippen molar-refractivity contribution in [2.24, 2.45) is 5.84 Å². The van der Waals surface area contributed by atoms with Gasteiger partial charge < -0.3 is 24.7 Å². The number of halogens is 1. The largest absolute Gasteiger partial charge is 0.490 e. The molecule has 1 fully saturated rings. The summed E-state index contributed by atoms with van der Waals surface area (Å²) >= 11 is 0. The third-order valence-electron chi connectivity index (χ3n) is 10.8. The molecule has 0 bridgehead atoms. The quantitative estimate of drug-likeness (QED) is 0.0376. The second-order valence-corrected chi connectivity index (χ2v) is 19.6. The van der Waals surface area contributed by atoms with Crippen LogP contribution in [-0.2, 0) is 14.6 Å². The van der Waals surface area contributed by atoms with Crippen molar-refractivity contribution < 1.29 is 27.1 Å². The van der Waals surface area contributed by atoms with Gasteiger partial charge in [-0.3, -0.25) is 4.79 Å². The first-order valence-corrected chi connectivity index (χ1v) is 26.5. The summed E-state index contributed by atoms with van der Waals surface area (Å²) in [6.45, 7) is 32.0. The number of benzene rings is 3. The highest BCUT2D eigenvalue weighted by Gasteiger charge is 2.24. The van der Waals surface area contributed by atoms with E-state index >= 15 is 0 Å². The maximum absolute atomic E-state index is 13.6. The predicted molar refractivity (Wildman–Crippen MR) is 284 cm³/mol. The SMILES string of the molecule is C=CC(=C)C(=O)/C=C/c1cc(OC2CCN(C(C)C)CC2)c(C(C)CC)cc1NC.CCCC.CCCCCCC.CCCN(N)c1ccc(Oc2ccccc2F)c(C)c1.CS(C)(=O)=O. The molecule has 1 aliphatic heterocycles. The lowest BCUT2D eigenvalue weighted by atomic mass is 9.94. The molecule has 1 unspecified atom stereocenters. The van der Waals surface area contributed by atoms with Crippen molar-refractivity contribution in [1.82, 2.24) is 4.90 Å². The number of allylic oxidation sites excluding steroid dienone is 3. The Morgan fingerprint density at radius 1 is 0.894 bits per heavy atom. The molecule has 11 heteroatoms. The number of carbonyl (C=O) groups is 1. The predicted octanol–water partition coefficient (Wildman–Crippen LogP) is 14.3. The molecule has 0 saturated carbocycles. The van der Waals surface area contributed by atoms with Crippen LogP contribution in [0.1, 0.15) is 156 Å². The Labute approximate surface area is 402 Å². The number of sulfone groups is 1. The Balaban J connectivity index is 0.000000997. The Morgan fingerprint density at radius 3 is 1.95 bits per heavy atom. The van der Waals surface area contributed by atoms with E-state index in [9.17, 15) is 17.6 Å². The van der Waals surface area contributed by atoms with E-state index in [0.29, 0.717) is 23.3 Å². The van der Waals surface area contributed by atoms with Crippen LogP contribution in [0.25, 0.3) is 6.08 Å². The second-order valence-electron chi connectivity index (χ2n) is 17.3. The fraction of sp³-hybridized carbons (Fsp3) is 0.545. The monoisotopic (exact) mass is 937 g/mol. The number of likely N-dealkylation sites (tertiary alicyclic amines) is 1. The van der Waals surface area contributed by atoms with Crippen LogP contribution in [0.5, 0.6) is 17.2 Å². The van der Waals surface area contributed by atoms with E-state index < -0.39 is 9.84 Å². The number of piperidine rings is 1. The van der Waals surface area contributed by atoms with Gasteiger partial charge in [-0.15, -0.1) is 0 Å². The normalized spacial score (nSPS) is 13.0. The Kier molecular flexibility index (Phi) is 32.5. The van der Waals surface area contributed by atoms with Crippen molar-refractivity contribution in [3.05, 3.63) is 108 Å². The van der Waals surface area contributed by atoms with Crippen molar-refractivity contribution in [1.29, 1.82) is 0 Å². The summed E-state index contributed by atoms with van der Waals surface area (Å²) in [5.41, 5.74) is 5.36. The van der Waals surface area contributed by atoms with Crippen molar-refractivity contribution >= 4 is 33.1 Å². The molecule has 3 aromatic rings. The van der Waals surface area contributed by atoms with Gasteiger partial charge in [0.05, 0.1) is 5.69 Å². The van der Waals surface area contributed by atoms with Gasteiger partial charge in [0.25, 0.3) is 0 Å². The highest BCUT2D eigenvalue weighted by atomic mass is 32.2. The number of anilines is 2. The van der Waals surface area contributed by atoms with Crippen LogP contribution in [0.4, 0.5) is 15.8 Å². The number of hydrogen-bond acceptors (Lipinski definition) is 9. The van der Waals surface area contributed by atoms with E-state index in [1.807, 2.05) is 38.2 Å². The summed E-state index contributed by atoms with van der Waals surface area (Å²) in [6, 6.07) is 16.8. The third kappa shape index (κ3) is 26.0. The Bertz CT molecular complexity index is 1960. The molecule has 0 amide bonds. The number of ether oxygens (including phenoxy) is 2. The highest BCUT2D eigenvalue weighted by Crippen LogP contribution is 2.36. The average molecular weight is 937 g/mol. The van der Waals surface area contributed by atoms with E-state index in [0.717, 1.165) is 86.1 Å². The Hall–Kier alpha value is -4.45. The molecule has 1 atom stereocenters. The zero-order valence-corrected chi connectivity index (χ0v) is 44.1. The molecule has 0 radical (unpaired) electrons. The Morgan fingerprint density at radius 2 is 1.48 bits per heavy atom. The molecular formula is C55H89FN4O5S. The van der Waals surface area contributed by atoms with Crippen LogP contribution in [0.2, 0.25) is 0 Å². The number of unbranched alkanes of at least 4 members (excludes halogenated alkanes) is 5. The lowest BCUT2D eigenvalue weighted by molar-refractivity contribution is -0.111. The molecule has 0 aliphatic carbocycles. The lowest BCUT2D eigenvalue weighted by Gasteiger charge is -2.35. The smallest absolute Gasteiger partial charge is 0.185 e. The molecule has 1 heterocycles. The number of hydrogen-bond donors (Lipinski definition) is 2. The number of nitrogens with one attached hydrogen (secondary N) is 1. The third-order valence-corrected chi connectivity index (χ3v) is 10.8. The van der Waals surface area contributed by atoms with E-state index in [4.69, 9.17) is 15.3 Å². The average Bonchev–Trinajstić information content (AvgIpc) is 3.29. The molecule has 9 nitrogen and oxygen atoms in total. The minimum Gasteiger partial charge on any atom is -0.490 e. The summed E-state index contributed by atoms with van der Waals surface area (Å²) in [5.74, 6) is 7.60. The highest BCUT2D eigenvalue weighted by molar-refractivity contribution is 7.89. The van der Waals surface area contributed by atoms with Gasteiger partial charge in [-0.2, -0.15) is 0 Å². The fourth-order valence-electron chi connectivity index (χ4n) is 6.36. The molecule has 0 aromatic heterocycles. The van der Waals surface area contributed by atoms with Gasteiger partial charge >= 0.3 is 0 Å². The van der Waals surface area contributed by atoms with Crippen molar-refractivity contribution in [3.8, 4) is 17.2 Å². The maximum atomic E-state index is 13.6. The first-order chi connectivity index (χ1) is 31.2. The first-order valence-electron chi connectivity index (χ1n) is 24.2. The van der Waals surface area contributed by atoms with E-state index in [1.54, 1.807) is 29.3 Å². The van der Waals surface area contributed by atoms with Crippen LogP contribution >= 0.6 is 0 Å². The molecule has 4 rings (SSSR count).